The number of esters is 1. The monoisotopic (exact) mass is 357 g/mol. The van der Waals surface area contributed by atoms with Gasteiger partial charge in [-0.1, -0.05) is 49.4 Å². The molecule has 0 saturated carbocycles. The molecule has 0 unspecified atom stereocenters. The van der Waals surface area contributed by atoms with Gasteiger partial charge in [-0.3, -0.25) is 0 Å². The molecule has 3 aromatic carbocycles. The first-order valence-electron chi connectivity index (χ1n) is 8.97. The molecule has 0 N–H and O–H groups in total. The standard InChI is InChI=1S/C23H19NO3/c1-2-12-26-20-9-5-6-16(13-20)14-21-23(25)27-22(24-21)19-11-10-17-7-3-4-8-18(17)15-19/h3-11,13-15H,2,12H2,1H3/b21-14-. The Morgan fingerprint density at radius 2 is 1.85 bits per heavy atom. The zero-order valence-corrected chi connectivity index (χ0v) is 15.0. The number of cyclic esters (lactones) is 1. The maximum Gasteiger partial charge on any atom is 0.363 e. The van der Waals surface area contributed by atoms with Crippen molar-refractivity contribution in [1.29, 1.82) is 0 Å². The third-order valence-corrected chi connectivity index (χ3v) is 4.25. The second kappa shape index (κ2) is 7.46. The zero-order chi connectivity index (χ0) is 18.6. The van der Waals surface area contributed by atoms with E-state index in [1.54, 1.807) is 6.08 Å². The molecular weight excluding hydrogens is 338 g/mol. The fourth-order valence-corrected chi connectivity index (χ4v) is 2.93. The highest BCUT2D eigenvalue weighted by atomic mass is 16.6. The average Bonchev–Trinajstić information content (AvgIpc) is 3.06. The number of aliphatic imine (C=N–C) groups is 1. The van der Waals surface area contributed by atoms with Crippen LogP contribution in [0.3, 0.4) is 0 Å². The zero-order valence-electron chi connectivity index (χ0n) is 15.0. The SMILES string of the molecule is CCCOc1cccc(/C=C2\N=C(c3ccc4ccccc4c3)OC2=O)c1. The lowest BCUT2D eigenvalue weighted by Crippen LogP contribution is -2.05. The molecule has 0 amide bonds. The third-order valence-electron chi connectivity index (χ3n) is 4.25. The molecule has 0 aromatic heterocycles. The van der Waals surface area contributed by atoms with E-state index in [2.05, 4.69) is 11.9 Å². The summed E-state index contributed by atoms with van der Waals surface area (Å²) in [5.74, 6) is 0.657. The first-order chi connectivity index (χ1) is 13.2. The molecule has 1 heterocycles. The summed E-state index contributed by atoms with van der Waals surface area (Å²) in [5.41, 5.74) is 1.91. The molecule has 4 heteroatoms. The van der Waals surface area contributed by atoms with Crippen LogP contribution in [-0.4, -0.2) is 18.5 Å². The van der Waals surface area contributed by atoms with Gasteiger partial charge in [0, 0.05) is 5.56 Å². The van der Waals surface area contributed by atoms with Crippen molar-refractivity contribution in [2.75, 3.05) is 6.61 Å². The van der Waals surface area contributed by atoms with E-state index in [0.717, 1.165) is 34.1 Å². The molecular formula is C23H19NO3. The normalized spacial score (nSPS) is 15.1. The van der Waals surface area contributed by atoms with Gasteiger partial charge >= 0.3 is 5.97 Å². The minimum Gasteiger partial charge on any atom is -0.494 e. The Morgan fingerprint density at radius 3 is 2.70 bits per heavy atom. The van der Waals surface area contributed by atoms with Crippen LogP contribution in [0, 0.1) is 0 Å². The largest absolute Gasteiger partial charge is 0.494 e. The Balaban J connectivity index is 1.63. The summed E-state index contributed by atoms with van der Waals surface area (Å²) in [7, 11) is 0. The van der Waals surface area contributed by atoms with Crippen LogP contribution in [0.1, 0.15) is 24.5 Å². The number of hydrogen-bond donors (Lipinski definition) is 0. The number of carbonyl (C=O) groups excluding carboxylic acids is 1. The summed E-state index contributed by atoms with van der Waals surface area (Å²) in [6.07, 6.45) is 2.66. The van der Waals surface area contributed by atoms with E-state index in [1.807, 2.05) is 66.7 Å². The molecule has 1 aliphatic rings. The first-order valence-corrected chi connectivity index (χ1v) is 8.97. The van der Waals surface area contributed by atoms with Gasteiger partial charge in [-0.25, -0.2) is 9.79 Å². The smallest absolute Gasteiger partial charge is 0.363 e. The van der Waals surface area contributed by atoms with Crippen LogP contribution in [-0.2, 0) is 9.53 Å². The topological polar surface area (TPSA) is 47.9 Å². The molecule has 0 spiro atoms. The number of fused-ring (bicyclic) bond motifs is 1. The van der Waals surface area contributed by atoms with Gasteiger partial charge in [0.25, 0.3) is 0 Å². The number of hydrogen-bond acceptors (Lipinski definition) is 4. The average molecular weight is 357 g/mol. The summed E-state index contributed by atoms with van der Waals surface area (Å²) in [5, 5.41) is 2.21. The highest BCUT2D eigenvalue weighted by Gasteiger charge is 2.24. The Morgan fingerprint density at radius 1 is 1.00 bits per heavy atom. The van der Waals surface area contributed by atoms with Crippen LogP contribution < -0.4 is 4.74 Å². The van der Waals surface area contributed by atoms with Crippen LogP contribution in [0.5, 0.6) is 5.75 Å². The number of rotatable bonds is 5. The molecule has 1 aliphatic heterocycles. The van der Waals surface area contributed by atoms with E-state index >= 15 is 0 Å². The van der Waals surface area contributed by atoms with Gasteiger partial charge < -0.3 is 9.47 Å². The lowest BCUT2D eigenvalue weighted by molar-refractivity contribution is -0.129. The Kier molecular flexibility index (Phi) is 4.71. The lowest BCUT2D eigenvalue weighted by Gasteiger charge is -2.04. The molecule has 27 heavy (non-hydrogen) atoms. The van der Waals surface area contributed by atoms with Gasteiger partial charge in [0.15, 0.2) is 5.70 Å². The van der Waals surface area contributed by atoms with Crippen molar-refractivity contribution in [1.82, 2.24) is 0 Å². The van der Waals surface area contributed by atoms with E-state index in [1.165, 1.54) is 0 Å². The summed E-state index contributed by atoms with van der Waals surface area (Å²) >= 11 is 0. The maximum absolute atomic E-state index is 12.2. The van der Waals surface area contributed by atoms with Crippen molar-refractivity contribution in [2.45, 2.75) is 13.3 Å². The molecule has 0 fully saturated rings. The molecule has 134 valence electrons. The van der Waals surface area contributed by atoms with Crippen molar-refractivity contribution in [3.63, 3.8) is 0 Å². The summed E-state index contributed by atoms with van der Waals surface area (Å²) in [4.78, 5) is 16.6. The van der Waals surface area contributed by atoms with E-state index in [4.69, 9.17) is 9.47 Å². The second-order valence-corrected chi connectivity index (χ2v) is 6.32. The van der Waals surface area contributed by atoms with Crippen LogP contribution in [0.4, 0.5) is 0 Å². The fourth-order valence-electron chi connectivity index (χ4n) is 2.93. The Hall–Kier alpha value is -3.40. The Labute approximate surface area is 157 Å². The van der Waals surface area contributed by atoms with Crippen molar-refractivity contribution >= 4 is 28.7 Å². The summed E-state index contributed by atoms with van der Waals surface area (Å²) < 4.78 is 11.0. The minimum absolute atomic E-state index is 0.283. The molecule has 0 radical (unpaired) electrons. The van der Waals surface area contributed by atoms with E-state index in [-0.39, 0.29) is 5.70 Å². The van der Waals surface area contributed by atoms with Crippen LogP contribution in [0.25, 0.3) is 16.8 Å². The Bertz CT molecular complexity index is 1070. The third kappa shape index (κ3) is 3.75. The van der Waals surface area contributed by atoms with E-state index in [9.17, 15) is 4.79 Å². The summed E-state index contributed by atoms with van der Waals surface area (Å²) in [6, 6.07) is 21.5. The van der Waals surface area contributed by atoms with Crippen molar-refractivity contribution in [2.24, 2.45) is 4.99 Å². The molecule has 3 aromatic rings. The van der Waals surface area contributed by atoms with Crippen LogP contribution >= 0.6 is 0 Å². The minimum atomic E-state index is -0.446. The van der Waals surface area contributed by atoms with Crippen LogP contribution in [0.2, 0.25) is 0 Å². The number of benzene rings is 3. The molecule has 0 aliphatic carbocycles. The molecule has 4 nitrogen and oxygen atoms in total. The highest BCUT2D eigenvalue weighted by Crippen LogP contribution is 2.23. The van der Waals surface area contributed by atoms with Crippen molar-refractivity contribution in [3.8, 4) is 5.75 Å². The van der Waals surface area contributed by atoms with Crippen LogP contribution in [0.15, 0.2) is 77.4 Å². The quantitative estimate of drug-likeness (QED) is 0.478. The van der Waals surface area contributed by atoms with Gasteiger partial charge in [0.1, 0.15) is 5.75 Å². The van der Waals surface area contributed by atoms with Gasteiger partial charge in [0.05, 0.1) is 6.61 Å². The highest BCUT2D eigenvalue weighted by molar-refractivity contribution is 6.13. The molecule has 0 bridgehead atoms. The van der Waals surface area contributed by atoms with Crippen molar-refractivity contribution in [3.05, 3.63) is 83.6 Å². The van der Waals surface area contributed by atoms with Gasteiger partial charge in [-0.2, -0.15) is 0 Å². The maximum atomic E-state index is 12.2. The van der Waals surface area contributed by atoms with E-state index < -0.39 is 5.97 Å². The van der Waals surface area contributed by atoms with Gasteiger partial charge in [-0.15, -0.1) is 0 Å². The molecule has 4 rings (SSSR count). The molecule has 0 atom stereocenters. The fraction of sp³-hybridized carbons (Fsp3) is 0.130. The second-order valence-electron chi connectivity index (χ2n) is 6.32. The summed E-state index contributed by atoms with van der Waals surface area (Å²) in [6.45, 7) is 2.72. The predicted molar refractivity (Wildman–Crippen MR) is 107 cm³/mol. The van der Waals surface area contributed by atoms with E-state index in [0.29, 0.717) is 12.5 Å². The number of ether oxygens (including phenoxy) is 2. The lowest BCUT2D eigenvalue weighted by atomic mass is 10.1. The first kappa shape index (κ1) is 17.0. The van der Waals surface area contributed by atoms with Crippen molar-refractivity contribution < 1.29 is 14.3 Å². The van der Waals surface area contributed by atoms with Gasteiger partial charge in [-0.05, 0) is 53.1 Å². The predicted octanol–water partition coefficient (Wildman–Crippen LogP) is 4.97. The molecule has 0 saturated heterocycles. The number of nitrogens with zero attached hydrogens (tertiary/aromatic N) is 1. The number of carbonyl (C=O) groups is 1. The van der Waals surface area contributed by atoms with Gasteiger partial charge in [0.2, 0.25) is 5.90 Å².